The van der Waals surface area contributed by atoms with Crippen molar-refractivity contribution < 1.29 is 18.9 Å². The number of methoxy groups -OCH3 is 4. The first-order valence-electron chi connectivity index (χ1n) is 6.95. The number of rotatable bonds is 8. The Labute approximate surface area is 136 Å². The first-order chi connectivity index (χ1) is 11.5. The van der Waals surface area contributed by atoms with E-state index >= 15 is 0 Å². The first-order valence-corrected chi connectivity index (χ1v) is 6.95. The fourth-order valence-electron chi connectivity index (χ4n) is 2.50. The molecule has 0 atom stereocenters. The Morgan fingerprint density at radius 2 is 1.00 bits per heavy atom. The Morgan fingerprint density at radius 3 is 1.46 bits per heavy atom. The molecule has 11 nitrogen and oxygen atoms in total. The Balaban J connectivity index is 3.05. The van der Waals surface area contributed by atoms with E-state index in [-0.39, 0.29) is 38.1 Å². The summed E-state index contributed by atoms with van der Waals surface area (Å²) in [6.45, 7) is -0.699. The van der Waals surface area contributed by atoms with E-state index in [0.717, 1.165) is 9.13 Å². The lowest BCUT2D eigenvalue weighted by atomic mass is 10.5. The molecule has 0 spiro atoms. The van der Waals surface area contributed by atoms with Gasteiger partial charge in [-0.1, -0.05) is 0 Å². The molecule has 0 aromatic carbocycles. The van der Waals surface area contributed by atoms with Gasteiger partial charge in [0.25, 0.3) is 5.56 Å². The van der Waals surface area contributed by atoms with Gasteiger partial charge in [-0.2, -0.15) is 0 Å². The molecule has 0 amide bonds. The van der Waals surface area contributed by atoms with Gasteiger partial charge in [0, 0.05) is 28.4 Å². The maximum Gasteiger partial charge on any atom is 0.336 e. The van der Waals surface area contributed by atoms with Gasteiger partial charge < -0.3 is 18.9 Å². The quantitative estimate of drug-likeness (QED) is 0.576. The van der Waals surface area contributed by atoms with Gasteiger partial charge in [0.2, 0.25) is 0 Å². The number of imidazole rings is 1. The van der Waals surface area contributed by atoms with E-state index < -0.39 is 16.9 Å². The second kappa shape index (κ2) is 7.57. The van der Waals surface area contributed by atoms with Crippen LogP contribution >= 0.6 is 0 Å². The fraction of sp³-hybridized carbons (Fsp3) is 0.615. The molecular weight excluding hydrogens is 324 g/mol. The van der Waals surface area contributed by atoms with Crippen molar-refractivity contribution in [2.75, 3.05) is 28.4 Å². The van der Waals surface area contributed by atoms with Crippen molar-refractivity contribution in [3.05, 3.63) is 31.3 Å². The van der Waals surface area contributed by atoms with E-state index in [2.05, 4.69) is 0 Å². The number of aromatic nitrogens is 4. The number of hydrogen-bond donors (Lipinski definition) is 0. The lowest BCUT2D eigenvalue weighted by Crippen LogP contribution is -2.41. The van der Waals surface area contributed by atoms with Gasteiger partial charge in [-0.3, -0.25) is 18.5 Å². The molecule has 2 aromatic heterocycles. The maximum atomic E-state index is 12.7. The van der Waals surface area contributed by atoms with Crippen LogP contribution in [0.4, 0.5) is 0 Å². The molecular formula is C13H20N4O7. The summed E-state index contributed by atoms with van der Waals surface area (Å²) in [4.78, 5) is 37.9. The average molecular weight is 344 g/mol. The minimum absolute atomic E-state index is 0.00704. The van der Waals surface area contributed by atoms with Crippen LogP contribution in [0.3, 0.4) is 0 Å². The minimum atomic E-state index is -0.659. The molecule has 2 rings (SSSR count). The van der Waals surface area contributed by atoms with Crippen LogP contribution in [0.25, 0.3) is 11.2 Å². The van der Waals surface area contributed by atoms with Crippen molar-refractivity contribution in [2.45, 2.75) is 26.9 Å². The highest BCUT2D eigenvalue weighted by atomic mass is 16.5. The van der Waals surface area contributed by atoms with Gasteiger partial charge in [-0.05, 0) is 0 Å². The predicted molar refractivity (Wildman–Crippen MR) is 82.8 cm³/mol. The number of ether oxygens (including phenoxy) is 4. The van der Waals surface area contributed by atoms with Crippen molar-refractivity contribution in [3.63, 3.8) is 0 Å². The van der Waals surface area contributed by atoms with Crippen LogP contribution < -0.4 is 16.9 Å². The van der Waals surface area contributed by atoms with Crippen LogP contribution in [0.1, 0.15) is 0 Å². The second-order valence-electron chi connectivity index (χ2n) is 4.93. The summed E-state index contributed by atoms with van der Waals surface area (Å²) in [6.07, 6.45) is 0. The molecule has 2 heterocycles. The molecule has 11 heteroatoms. The molecule has 0 bridgehead atoms. The molecule has 0 unspecified atom stereocenters. The molecule has 0 aliphatic carbocycles. The highest BCUT2D eigenvalue weighted by Crippen LogP contribution is 2.08. The summed E-state index contributed by atoms with van der Waals surface area (Å²) in [5, 5.41) is 0. The number of fused-ring (bicyclic) bond motifs is 1. The lowest BCUT2D eigenvalue weighted by molar-refractivity contribution is 0.104. The second-order valence-corrected chi connectivity index (χ2v) is 4.93. The summed E-state index contributed by atoms with van der Waals surface area (Å²) in [7, 11) is 5.55. The zero-order valence-corrected chi connectivity index (χ0v) is 14.0. The van der Waals surface area contributed by atoms with Crippen molar-refractivity contribution in [3.8, 4) is 0 Å². The third-order valence-corrected chi connectivity index (χ3v) is 3.40. The standard InChI is InChI=1S/C13H20N4O7/c1-21-5-14-9-10(15(6-22-2)12(14)19)16(7-23-3)13(20)17(8-24-4)11(9)18/h5-8H2,1-4H3. The molecule has 0 aliphatic rings. The van der Waals surface area contributed by atoms with Gasteiger partial charge >= 0.3 is 11.4 Å². The van der Waals surface area contributed by atoms with Gasteiger partial charge in [0.1, 0.15) is 26.9 Å². The summed E-state index contributed by atoms with van der Waals surface area (Å²) in [5.41, 5.74) is -1.75. The van der Waals surface area contributed by atoms with Gasteiger partial charge in [0.15, 0.2) is 11.2 Å². The van der Waals surface area contributed by atoms with E-state index in [9.17, 15) is 14.4 Å². The Bertz CT molecular complexity index is 889. The smallest absolute Gasteiger partial charge is 0.336 e. The fourth-order valence-corrected chi connectivity index (χ4v) is 2.50. The van der Waals surface area contributed by atoms with Crippen LogP contribution in [0, 0.1) is 0 Å². The molecule has 0 aliphatic heterocycles. The monoisotopic (exact) mass is 344 g/mol. The van der Waals surface area contributed by atoms with E-state index in [4.69, 9.17) is 18.9 Å². The number of nitrogens with zero attached hydrogens (tertiary/aromatic N) is 4. The molecule has 0 fully saturated rings. The molecule has 2 aromatic rings. The molecule has 24 heavy (non-hydrogen) atoms. The predicted octanol–water partition coefficient (Wildman–Crippen LogP) is -1.46. The van der Waals surface area contributed by atoms with Crippen molar-refractivity contribution in [1.82, 2.24) is 18.3 Å². The highest BCUT2D eigenvalue weighted by Gasteiger charge is 2.23. The Hall–Kier alpha value is -2.21. The van der Waals surface area contributed by atoms with Crippen LogP contribution in [-0.2, 0) is 45.9 Å². The van der Waals surface area contributed by atoms with Gasteiger partial charge in [-0.15, -0.1) is 0 Å². The molecule has 0 radical (unpaired) electrons. The zero-order valence-electron chi connectivity index (χ0n) is 14.0. The summed E-state index contributed by atoms with van der Waals surface area (Å²) in [6, 6.07) is 0. The molecule has 0 saturated heterocycles. The summed E-state index contributed by atoms with van der Waals surface area (Å²) < 4.78 is 24.3. The summed E-state index contributed by atoms with van der Waals surface area (Å²) >= 11 is 0. The zero-order chi connectivity index (χ0) is 17.9. The highest BCUT2D eigenvalue weighted by molar-refractivity contribution is 5.71. The Morgan fingerprint density at radius 1 is 0.625 bits per heavy atom. The van der Waals surface area contributed by atoms with Crippen LogP contribution in [-0.4, -0.2) is 46.7 Å². The summed E-state index contributed by atoms with van der Waals surface area (Å²) in [5.74, 6) is 0. The van der Waals surface area contributed by atoms with Crippen molar-refractivity contribution in [2.24, 2.45) is 0 Å². The van der Waals surface area contributed by atoms with E-state index in [0.29, 0.717) is 0 Å². The average Bonchev–Trinajstić information content (AvgIpc) is 2.82. The normalized spacial score (nSPS) is 11.5. The van der Waals surface area contributed by atoms with E-state index in [1.807, 2.05) is 0 Å². The van der Waals surface area contributed by atoms with E-state index in [1.165, 1.54) is 37.6 Å². The van der Waals surface area contributed by atoms with E-state index in [1.54, 1.807) is 0 Å². The lowest BCUT2D eigenvalue weighted by Gasteiger charge is -2.12. The van der Waals surface area contributed by atoms with Crippen LogP contribution in [0.15, 0.2) is 14.4 Å². The van der Waals surface area contributed by atoms with Gasteiger partial charge in [-0.25, -0.2) is 14.2 Å². The molecule has 0 saturated carbocycles. The third-order valence-electron chi connectivity index (χ3n) is 3.40. The van der Waals surface area contributed by atoms with Gasteiger partial charge in [0.05, 0.1) is 0 Å². The largest absolute Gasteiger partial charge is 0.364 e. The maximum absolute atomic E-state index is 12.7. The van der Waals surface area contributed by atoms with Crippen molar-refractivity contribution >= 4 is 11.2 Å². The molecule has 0 N–H and O–H groups in total. The first kappa shape index (κ1) is 18.1. The number of hydrogen-bond acceptors (Lipinski definition) is 7. The third kappa shape index (κ3) is 2.82. The topological polar surface area (TPSA) is 108 Å². The SMILES string of the molecule is COCn1c(=O)c2c(n(COC)c1=O)n(COC)c(=O)n2COC. The van der Waals surface area contributed by atoms with Crippen molar-refractivity contribution in [1.29, 1.82) is 0 Å². The minimum Gasteiger partial charge on any atom is -0.364 e. The molecule has 134 valence electrons. The van der Waals surface area contributed by atoms with Crippen LogP contribution in [0.5, 0.6) is 0 Å². The Kier molecular flexibility index (Phi) is 5.72. The van der Waals surface area contributed by atoms with Crippen LogP contribution in [0.2, 0.25) is 0 Å².